The van der Waals surface area contributed by atoms with E-state index in [9.17, 15) is 0 Å². The van der Waals surface area contributed by atoms with Crippen molar-refractivity contribution in [3.63, 3.8) is 0 Å². The molecule has 25 heavy (non-hydrogen) atoms. The molecule has 0 bridgehead atoms. The third-order valence-electron chi connectivity index (χ3n) is 4.62. The number of anilines is 1. The summed E-state index contributed by atoms with van der Waals surface area (Å²) in [7, 11) is 3.56. The van der Waals surface area contributed by atoms with Crippen molar-refractivity contribution < 1.29 is 0 Å². The number of fused-ring (bicyclic) bond motifs is 3. The van der Waals surface area contributed by atoms with Gasteiger partial charge in [-0.2, -0.15) is 0 Å². The average molecular weight is 387 g/mol. The number of halogens is 1. The molecule has 2 nitrogen and oxygen atoms in total. The molecule has 1 aromatic heterocycles. The maximum Gasteiger partial charge on any atom is 0.135 e. The van der Waals surface area contributed by atoms with Crippen molar-refractivity contribution in [2.45, 2.75) is 33.2 Å². The molecule has 0 aliphatic carbocycles. The van der Waals surface area contributed by atoms with Gasteiger partial charge in [-0.15, -0.1) is 0 Å². The van der Waals surface area contributed by atoms with Gasteiger partial charge in [0, 0.05) is 21.8 Å². The van der Waals surface area contributed by atoms with E-state index in [1.807, 2.05) is 34.6 Å². The second kappa shape index (κ2) is 5.97. The van der Waals surface area contributed by atoms with Crippen molar-refractivity contribution in [1.82, 2.24) is 0 Å². The molecule has 128 valence electrons. The molecule has 2 aromatic carbocycles. The molecule has 0 atom stereocenters. The Kier molecular flexibility index (Phi) is 4.02. The minimum atomic E-state index is -0.0982. The molecule has 0 radical (unpaired) electrons. The summed E-state index contributed by atoms with van der Waals surface area (Å²) in [4.78, 5) is 6.26. The van der Waals surface area contributed by atoms with Crippen molar-refractivity contribution >= 4 is 43.7 Å². The van der Waals surface area contributed by atoms with Gasteiger partial charge in [0.2, 0.25) is 0 Å². The van der Waals surface area contributed by atoms with Crippen LogP contribution in [0.15, 0.2) is 41.4 Å². The van der Waals surface area contributed by atoms with Crippen LogP contribution in [0, 0.1) is 13.8 Å². The van der Waals surface area contributed by atoms with E-state index < -0.39 is 0 Å². The number of rotatable bonds is 1. The largest absolute Gasteiger partial charge is 0.375 e. The van der Waals surface area contributed by atoms with Crippen LogP contribution in [0.2, 0.25) is 5.02 Å². The highest BCUT2D eigenvalue weighted by Crippen LogP contribution is 2.46. The van der Waals surface area contributed by atoms with Crippen LogP contribution in [-0.4, -0.2) is 0 Å². The zero-order valence-corrected chi connectivity index (χ0v) is 17.0. The van der Waals surface area contributed by atoms with E-state index in [0.717, 1.165) is 15.4 Å². The number of nitrogens with zero attached hydrogens (tertiary/aromatic N) is 1. The summed E-state index contributed by atoms with van der Waals surface area (Å²) in [5.74, 6) is 0. The Balaban J connectivity index is 1.98. The van der Waals surface area contributed by atoms with Gasteiger partial charge in [-0.25, -0.2) is 4.99 Å². The number of hydrogen-bond donors (Lipinski definition) is 1. The van der Waals surface area contributed by atoms with Gasteiger partial charge >= 0.3 is 0 Å². The van der Waals surface area contributed by atoms with Gasteiger partial charge in [-0.05, 0) is 75.2 Å². The molecule has 2 heterocycles. The Morgan fingerprint density at radius 2 is 1.68 bits per heavy atom. The summed E-state index contributed by atoms with van der Waals surface area (Å²) < 4.78 is 1.07. The maximum atomic E-state index is 6.00. The van der Waals surface area contributed by atoms with Crippen LogP contribution in [0.25, 0.3) is 11.1 Å². The molecule has 1 aliphatic heterocycles. The summed E-state index contributed by atoms with van der Waals surface area (Å²) in [5.41, 5.74) is 7.16. The molecule has 0 amide bonds. The summed E-state index contributed by atoms with van der Waals surface area (Å²) in [6.07, 6.45) is 0. The summed E-state index contributed by atoms with van der Waals surface area (Å²) in [6.45, 7) is 8.80. The van der Waals surface area contributed by atoms with Gasteiger partial charge in [0.05, 0.1) is 16.1 Å². The first-order chi connectivity index (χ1) is 11.8. The van der Waals surface area contributed by atoms with Crippen molar-refractivity contribution in [3.05, 3.63) is 62.1 Å². The number of nitrogens with one attached hydrogen (secondary N) is 1. The molecule has 3 aromatic rings. The highest BCUT2D eigenvalue weighted by molar-refractivity contribution is 7.68. The smallest absolute Gasteiger partial charge is 0.135 e. The van der Waals surface area contributed by atoms with Gasteiger partial charge in [0.15, 0.2) is 0 Å². The fourth-order valence-corrected chi connectivity index (χ4v) is 6.21. The third-order valence-corrected chi connectivity index (χ3v) is 7.51. The predicted octanol–water partition coefficient (Wildman–Crippen LogP) is 6.64. The first-order valence-corrected chi connectivity index (χ1v) is 10.7. The third kappa shape index (κ3) is 2.92. The maximum absolute atomic E-state index is 6.00. The molecule has 0 unspecified atom stereocenters. The van der Waals surface area contributed by atoms with Crippen LogP contribution in [0.1, 0.15) is 29.9 Å². The fraction of sp³-hybridized carbons (Fsp3) is 0.250. The second-order valence-electron chi connectivity index (χ2n) is 7.00. The predicted molar refractivity (Wildman–Crippen MR) is 110 cm³/mol. The van der Waals surface area contributed by atoms with Crippen molar-refractivity contribution in [2.75, 3.05) is 5.32 Å². The van der Waals surface area contributed by atoms with Crippen LogP contribution in [-0.2, 0) is 5.54 Å². The van der Waals surface area contributed by atoms with Crippen molar-refractivity contribution in [3.8, 4) is 11.1 Å². The van der Waals surface area contributed by atoms with E-state index in [4.69, 9.17) is 16.6 Å². The van der Waals surface area contributed by atoms with Gasteiger partial charge < -0.3 is 5.32 Å². The highest BCUT2D eigenvalue weighted by atomic mass is 35.5. The Hall–Kier alpha value is -1.62. The SMILES string of the molecule is Cc1cc2c(cc1C)-c1c(ssc1=Nc1ccc(Cl)cc1)C(C)(C)N2. The van der Waals surface area contributed by atoms with E-state index in [0.29, 0.717) is 0 Å². The molecular formula is C20H19ClN2S2. The molecule has 0 saturated heterocycles. The number of aryl methyl sites for hydroxylation is 2. The Bertz CT molecular complexity index is 1030. The van der Waals surface area contributed by atoms with Gasteiger partial charge in [0.25, 0.3) is 0 Å². The zero-order chi connectivity index (χ0) is 17.8. The van der Waals surface area contributed by atoms with Gasteiger partial charge in [0.1, 0.15) is 4.67 Å². The summed E-state index contributed by atoms with van der Waals surface area (Å²) in [5, 5.41) is 4.44. The van der Waals surface area contributed by atoms with Gasteiger partial charge in [-0.3, -0.25) is 0 Å². The van der Waals surface area contributed by atoms with Crippen molar-refractivity contribution in [1.29, 1.82) is 0 Å². The topological polar surface area (TPSA) is 24.4 Å². The lowest BCUT2D eigenvalue weighted by molar-refractivity contribution is 0.619. The Morgan fingerprint density at radius 3 is 2.40 bits per heavy atom. The van der Waals surface area contributed by atoms with Crippen LogP contribution in [0.4, 0.5) is 11.4 Å². The average Bonchev–Trinajstić information content (AvgIpc) is 2.97. The lowest BCUT2D eigenvalue weighted by Gasteiger charge is -2.33. The molecule has 1 N–H and O–H groups in total. The summed E-state index contributed by atoms with van der Waals surface area (Å²) >= 11 is 6.00. The first kappa shape index (κ1) is 16.8. The van der Waals surface area contributed by atoms with E-state index in [2.05, 4.69) is 45.1 Å². The number of benzene rings is 2. The molecule has 0 spiro atoms. The van der Waals surface area contributed by atoms with Crippen LogP contribution in [0.3, 0.4) is 0 Å². The van der Waals surface area contributed by atoms with E-state index >= 15 is 0 Å². The van der Waals surface area contributed by atoms with Crippen LogP contribution in [0.5, 0.6) is 0 Å². The first-order valence-electron chi connectivity index (χ1n) is 8.19. The van der Waals surface area contributed by atoms with E-state index in [1.54, 1.807) is 10.3 Å². The minimum Gasteiger partial charge on any atom is -0.375 e. The fourth-order valence-electron chi connectivity index (χ4n) is 3.14. The number of hydrogen-bond acceptors (Lipinski definition) is 4. The molecular weight excluding hydrogens is 368 g/mol. The normalized spacial score (nSPS) is 15.5. The molecule has 0 fully saturated rings. The zero-order valence-electron chi connectivity index (χ0n) is 14.6. The Morgan fingerprint density at radius 1 is 1.00 bits per heavy atom. The van der Waals surface area contributed by atoms with E-state index in [-0.39, 0.29) is 5.54 Å². The highest BCUT2D eigenvalue weighted by Gasteiger charge is 2.33. The van der Waals surface area contributed by atoms with E-state index in [1.165, 1.54) is 32.8 Å². The lowest BCUT2D eigenvalue weighted by atomic mass is 9.88. The summed E-state index contributed by atoms with van der Waals surface area (Å²) in [6, 6.07) is 12.2. The Labute approximate surface area is 160 Å². The monoisotopic (exact) mass is 386 g/mol. The molecule has 1 aliphatic rings. The quantitative estimate of drug-likeness (QED) is 0.465. The minimum absolute atomic E-state index is 0.0982. The van der Waals surface area contributed by atoms with Crippen molar-refractivity contribution in [2.24, 2.45) is 4.99 Å². The lowest BCUT2D eigenvalue weighted by Crippen LogP contribution is -2.31. The standard InChI is InChI=1S/C20H19ClN2S2/c1-11-9-15-16(10-12(11)2)23-20(3,4)18-17(15)19(25-24-18)22-14-7-5-13(21)6-8-14/h5-10,23H,1-4H3. The molecule has 0 saturated carbocycles. The van der Waals surface area contributed by atoms with Crippen LogP contribution < -0.4 is 9.99 Å². The molecule has 5 heteroatoms. The second-order valence-corrected chi connectivity index (χ2v) is 9.56. The molecule has 4 rings (SSSR count). The van der Waals surface area contributed by atoms with Crippen LogP contribution >= 0.6 is 32.3 Å². The van der Waals surface area contributed by atoms with Gasteiger partial charge in [-0.1, -0.05) is 32.3 Å².